The van der Waals surface area contributed by atoms with Crippen LogP contribution >= 0.6 is 35.1 Å². The first-order chi connectivity index (χ1) is 14.6. The molecule has 0 bridgehead atoms. The number of nitrogens with one attached hydrogen (secondary N) is 1. The monoisotopic (exact) mass is 456 g/mol. The number of halogens is 1. The SMILES string of the molecule is CSc1ncc(C(=O)Nc2ccc(Sc3nncn3C)c(Cl)c2)n1-c1ccccc1. The number of para-hydroxylation sites is 1. The summed E-state index contributed by atoms with van der Waals surface area (Å²) < 4.78 is 3.64. The number of imidazole rings is 1. The number of hydrogen-bond acceptors (Lipinski definition) is 6. The molecule has 2 heterocycles. The Morgan fingerprint density at radius 2 is 1.93 bits per heavy atom. The normalized spacial score (nSPS) is 10.9. The summed E-state index contributed by atoms with van der Waals surface area (Å²) in [6.45, 7) is 0. The topological polar surface area (TPSA) is 77.6 Å². The maximum absolute atomic E-state index is 13.0. The molecule has 7 nitrogen and oxygen atoms in total. The third-order valence-electron chi connectivity index (χ3n) is 4.22. The molecule has 0 fully saturated rings. The van der Waals surface area contributed by atoms with Crippen LogP contribution in [0.3, 0.4) is 0 Å². The second-order valence-electron chi connectivity index (χ2n) is 6.23. The van der Waals surface area contributed by atoms with Gasteiger partial charge in [-0.15, -0.1) is 10.2 Å². The van der Waals surface area contributed by atoms with Crippen LogP contribution in [-0.2, 0) is 7.05 Å². The molecule has 2 aromatic carbocycles. The molecule has 0 spiro atoms. The molecule has 0 aliphatic carbocycles. The summed E-state index contributed by atoms with van der Waals surface area (Å²) in [4.78, 5) is 18.2. The van der Waals surface area contributed by atoms with Crippen molar-refractivity contribution < 1.29 is 4.79 Å². The first kappa shape index (κ1) is 20.5. The molecule has 4 rings (SSSR count). The lowest BCUT2D eigenvalue weighted by Crippen LogP contribution is -2.16. The van der Waals surface area contributed by atoms with Crippen molar-refractivity contribution >= 4 is 46.7 Å². The molecule has 1 N–H and O–H groups in total. The van der Waals surface area contributed by atoms with Crippen molar-refractivity contribution in [3.05, 3.63) is 71.8 Å². The largest absolute Gasteiger partial charge is 0.321 e. The smallest absolute Gasteiger partial charge is 0.274 e. The molecule has 0 radical (unpaired) electrons. The lowest BCUT2D eigenvalue weighted by molar-refractivity contribution is 0.102. The highest BCUT2D eigenvalue weighted by Crippen LogP contribution is 2.33. The lowest BCUT2D eigenvalue weighted by atomic mass is 10.3. The van der Waals surface area contributed by atoms with Gasteiger partial charge in [0.1, 0.15) is 12.0 Å². The summed E-state index contributed by atoms with van der Waals surface area (Å²) in [5, 5.41) is 12.8. The highest BCUT2D eigenvalue weighted by molar-refractivity contribution is 7.99. The predicted octanol–water partition coefficient (Wildman–Crippen LogP) is 4.78. The molecule has 0 atom stereocenters. The first-order valence-corrected chi connectivity index (χ1v) is 11.3. The number of aromatic nitrogens is 5. The number of benzene rings is 2. The molecule has 0 saturated heterocycles. The van der Waals surface area contributed by atoms with Crippen molar-refractivity contribution in [3.8, 4) is 5.69 Å². The highest BCUT2D eigenvalue weighted by Gasteiger charge is 2.18. The van der Waals surface area contributed by atoms with Crippen molar-refractivity contribution in [3.63, 3.8) is 0 Å². The number of nitrogens with zero attached hydrogens (tertiary/aromatic N) is 5. The van der Waals surface area contributed by atoms with E-state index in [-0.39, 0.29) is 5.91 Å². The summed E-state index contributed by atoms with van der Waals surface area (Å²) >= 11 is 9.31. The van der Waals surface area contributed by atoms with E-state index < -0.39 is 0 Å². The molecule has 4 aromatic rings. The second kappa shape index (κ2) is 8.95. The van der Waals surface area contributed by atoms with Crippen LogP contribution in [0, 0.1) is 0 Å². The van der Waals surface area contributed by atoms with E-state index in [0.717, 1.165) is 20.9 Å². The Hall–Kier alpha value is -2.75. The van der Waals surface area contributed by atoms with Gasteiger partial charge >= 0.3 is 0 Å². The van der Waals surface area contributed by atoms with E-state index in [1.165, 1.54) is 23.5 Å². The van der Waals surface area contributed by atoms with E-state index in [4.69, 9.17) is 11.6 Å². The number of carbonyl (C=O) groups excluding carboxylic acids is 1. The summed E-state index contributed by atoms with van der Waals surface area (Å²) in [5.74, 6) is -0.267. The van der Waals surface area contributed by atoms with Gasteiger partial charge in [0.15, 0.2) is 10.3 Å². The molecule has 0 unspecified atom stereocenters. The fraction of sp³-hybridized carbons (Fsp3) is 0.100. The first-order valence-electron chi connectivity index (χ1n) is 8.86. The van der Waals surface area contributed by atoms with Crippen LogP contribution in [0.5, 0.6) is 0 Å². The summed E-state index contributed by atoms with van der Waals surface area (Å²) in [7, 11) is 1.86. The zero-order chi connectivity index (χ0) is 21.1. The number of aryl methyl sites for hydroxylation is 1. The van der Waals surface area contributed by atoms with Gasteiger partial charge in [-0.05, 0) is 48.3 Å². The van der Waals surface area contributed by atoms with Crippen LogP contribution < -0.4 is 5.32 Å². The van der Waals surface area contributed by atoms with Gasteiger partial charge in [0.2, 0.25) is 0 Å². The third-order valence-corrected chi connectivity index (χ3v) is 6.43. The summed E-state index contributed by atoms with van der Waals surface area (Å²) in [6, 6.07) is 15.0. The fourth-order valence-electron chi connectivity index (χ4n) is 2.79. The molecule has 30 heavy (non-hydrogen) atoms. The molecule has 0 saturated carbocycles. The van der Waals surface area contributed by atoms with Crippen LogP contribution in [0.2, 0.25) is 5.02 Å². The van der Waals surface area contributed by atoms with E-state index in [2.05, 4.69) is 20.5 Å². The van der Waals surface area contributed by atoms with Crippen molar-refractivity contribution in [1.82, 2.24) is 24.3 Å². The Morgan fingerprint density at radius 3 is 2.60 bits per heavy atom. The molecule has 0 aliphatic rings. The number of rotatable bonds is 6. The highest BCUT2D eigenvalue weighted by atomic mass is 35.5. The lowest BCUT2D eigenvalue weighted by Gasteiger charge is -2.12. The quantitative estimate of drug-likeness (QED) is 0.421. The van der Waals surface area contributed by atoms with Crippen molar-refractivity contribution in [1.29, 1.82) is 0 Å². The maximum atomic E-state index is 13.0. The average Bonchev–Trinajstić information content (AvgIpc) is 3.36. The standard InChI is InChI=1S/C20H17ClN6OS2/c1-26-12-23-25-20(26)30-17-9-8-13(10-15(17)21)24-18(28)16-11-22-19(29-2)27(16)14-6-4-3-5-7-14/h3-12H,1-2H3,(H,24,28). The Balaban J connectivity index is 1.57. The number of amides is 1. The molecule has 152 valence electrons. The van der Waals surface area contributed by atoms with E-state index in [0.29, 0.717) is 16.4 Å². The average molecular weight is 457 g/mol. The molecule has 1 amide bonds. The molecular formula is C20H17ClN6OS2. The Morgan fingerprint density at radius 1 is 1.13 bits per heavy atom. The van der Waals surface area contributed by atoms with Crippen LogP contribution in [0.15, 0.2) is 76.3 Å². The molecule has 2 aromatic heterocycles. The van der Waals surface area contributed by atoms with Gasteiger partial charge in [0.25, 0.3) is 5.91 Å². The van der Waals surface area contributed by atoms with Gasteiger partial charge in [-0.1, -0.05) is 41.6 Å². The predicted molar refractivity (Wildman–Crippen MR) is 120 cm³/mol. The molecular weight excluding hydrogens is 440 g/mol. The summed E-state index contributed by atoms with van der Waals surface area (Å²) in [6.07, 6.45) is 5.13. The van der Waals surface area contributed by atoms with E-state index >= 15 is 0 Å². The number of anilines is 1. The Kier molecular flexibility index (Phi) is 6.12. The minimum atomic E-state index is -0.267. The van der Waals surface area contributed by atoms with E-state index in [1.807, 2.05) is 58.8 Å². The van der Waals surface area contributed by atoms with Crippen LogP contribution in [0.25, 0.3) is 5.69 Å². The maximum Gasteiger partial charge on any atom is 0.274 e. The fourth-order valence-corrected chi connectivity index (χ4v) is 4.39. The van der Waals surface area contributed by atoms with E-state index in [1.54, 1.807) is 24.7 Å². The number of carbonyl (C=O) groups is 1. The third kappa shape index (κ3) is 4.23. The number of hydrogen-bond donors (Lipinski definition) is 1. The van der Waals surface area contributed by atoms with E-state index in [9.17, 15) is 4.79 Å². The van der Waals surface area contributed by atoms with Crippen LogP contribution in [0.1, 0.15) is 10.5 Å². The number of thioether (sulfide) groups is 1. The molecule has 0 aliphatic heterocycles. The van der Waals surface area contributed by atoms with Gasteiger partial charge in [0, 0.05) is 23.3 Å². The molecule has 10 heteroatoms. The Bertz CT molecular complexity index is 1190. The zero-order valence-electron chi connectivity index (χ0n) is 16.1. The van der Waals surface area contributed by atoms with Crippen LogP contribution in [0.4, 0.5) is 5.69 Å². The van der Waals surface area contributed by atoms with Gasteiger partial charge in [0.05, 0.1) is 11.2 Å². The van der Waals surface area contributed by atoms with Gasteiger partial charge in [-0.3, -0.25) is 9.36 Å². The Labute approximate surface area is 186 Å². The van der Waals surface area contributed by atoms with Crippen molar-refractivity contribution in [2.24, 2.45) is 7.05 Å². The van der Waals surface area contributed by atoms with Gasteiger partial charge < -0.3 is 9.88 Å². The second-order valence-corrected chi connectivity index (χ2v) is 8.42. The van der Waals surface area contributed by atoms with Crippen molar-refractivity contribution in [2.45, 2.75) is 15.2 Å². The summed E-state index contributed by atoms with van der Waals surface area (Å²) in [5.41, 5.74) is 1.91. The zero-order valence-corrected chi connectivity index (χ0v) is 18.5. The van der Waals surface area contributed by atoms with Gasteiger partial charge in [-0.2, -0.15) is 0 Å². The van der Waals surface area contributed by atoms with Crippen LogP contribution in [-0.4, -0.2) is 36.5 Å². The van der Waals surface area contributed by atoms with Crippen molar-refractivity contribution in [2.75, 3.05) is 11.6 Å². The minimum Gasteiger partial charge on any atom is -0.321 e. The minimum absolute atomic E-state index is 0.267. The van der Waals surface area contributed by atoms with Gasteiger partial charge in [-0.25, -0.2) is 4.98 Å².